The summed E-state index contributed by atoms with van der Waals surface area (Å²) in [6.45, 7) is 0. The Morgan fingerprint density at radius 1 is 1.06 bits per heavy atom. The highest BCUT2D eigenvalue weighted by atomic mass is 79.9. The molecule has 2 aromatic carbocycles. The molecular weight excluding hydrogens is 383 g/mol. The lowest BCUT2D eigenvalue weighted by Crippen LogP contribution is -1.91. The summed E-state index contributed by atoms with van der Waals surface area (Å²) in [5.41, 5.74) is 0.453. The van der Waals surface area contributed by atoms with Crippen molar-refractivity contribution in [3.05, 3.63) is 55.9 Å². The van der Waals surface area contributed by atoms with E-state index in [-0.39, 0.29) is 0 Å². The number of hydrogen-bond donors (Lipinski definition) is 0. The highest BCUT2D eigenvalue weighted by molar-refractivity contribution is 9.11. The fourth-order valence-electron chi connectivity index (χ4n) is 1.37. The zero-order chi connectivity index (χ0) is 13.1. The number of rotatable bonds is 3. The van der Waals surface area contributed by atoms with Crippen LogP contribution in [0.15, 0.2) is 45.3 Å². The summed E-state index contributed by atoms with van der Waals surface area (Å²) in [4.78, 5) is 10.9. The van der Waals surface area contributed by atoms with Crippen LogP contribution in [0.4, 0.5) is 0 Å². The minimum Gasteiger partial charge on any atom is -0.455 e. The molecule has 92 valence electrons. The van der Waals surface area contributed by atoms with E-state index in [1.54, 1.807) is 24.3 Å². The van der Waals surface area contributed by atoms with E-state index in [0.717, 1.165) is 15.2 Å². The third-order valence-electron chi connectivity index (χ3n) is 2.22. The first kappa shape index (κ1) is 13.6. The number of benzene rings is 2. The molecule has 0 aliphatic rings. The molecule has 0 saturated heterocycles. The van der Waals surface area contributed by atoms with Gasteiger partial charge in [-0.25, -0.2) is 0 Å². The third-order valence-corrected chi connectivity index (χ3v) is 3.56. The van der Waals surface area contributed by atoms with Crippen molar-refractivity contribution in [3.8, 4) is 11.5 Å². The summed E-state index contributed by atoms with van der Waals surface area (Å²) >= 11 is 12.6. The van der Waals surface area contributed by atoms with E-state index in [2.05, 4.69) is 31.9 Å². The molecule has 0 unspecified atom stereocenters. The molecule has 0 radical (unpaired) electrons. The monoisotopic (exact) mass is 388 g/mol. The lowest BCUT2D eigenvalue weighted by molar-refractivity contribution is 0.112. The zero-order valence-electron chi connectivity index (χ0n) is 8.99. The Labute approximate surface area is 126 Å². The van der Waals surface area contributed by atoms with Crippen LogP contribution in [0.3, 0.4) is 0 Å². The molecule has 0 N–H and O–H groups in total. The maximum atomic E-state index is 10.9. The Bertz CT molecular complexity index is 600. The van der Waals surface area contributed by atoms with Gasteiger partial charge in [0.1, 0.15) is 11.5 Å². The average molecular weight is 390 g/mol. The minimum atomic E-state index is 0.431. The second kappa shape index (κ2) is 5.87. The van der Waals surface area contributed by atoms with Crippen LogP contribution in [0.2, 0.25) is 5.02 Å². The van der Waals surface area contributed by atoms with Crippen LogP contribution in [0.25, 0.3) is 0 Å². The van der Waals surface area contributed by atoms with Crippen molar-refractivity contribution in [2.24, 2.45) is 0 Å². The highest BCUT2D eigenvalue weighted by Gasteiger charge is 2.08. The first-order valence-corrected chi connectivity index (χ1v) is 6.94. The molecular formula is C13H7Br2ClO2. The average Bonchev–Trinajstić information content (AvgIpc) is 2.33. The van der Waals surface area contributed by atoms with Gasteiger partial charge >= 0.3 is 0 Å². The van der Waals surface area contributed by atoms with Gasteiger partial charge in [0.15, 0.2) is 6.29 Å². The lowest BCUT2D eigenvalue weighted by Gasteiger charge is -2.10. The number of hydrogen-bond acceptors (Lipinski definition) is 2. The Morgan fingerprint density at radius 2 is 1.83 bits per heavy atom. The Morgan fingerprint density at radius 3 is 2.50 bits per heavy atom. The smallest absolute Gasteiger partial charge is 0.153 e. The summed E-state index contributed by atoms with van der Waals surface area (Å²) in [5.74, 6) is 1.05. The van der Waals surface area contributed by atoms with Gasteiger partial charge in [0, 0.05) is 15.6 Å². The van der Waals surface area contributed by atoms with Crippen LogP contribution in [0.1, 0.15) is 10.4 Å². The van der Waals surface area contributed by atoms with E-state index in [9.17, 15) is 4.79 Å². The highest BCUT2D eigenvalue weighted by Crippen LogP contribution is 2.34. The Balaban J connectivity index is 2.39. The van der Waals surface area contributed by atoms with E-state index < -0.39 is 0 Å². The predicted octanol–water partition coefficient (Wildman–Crippen LogP) is 5.47. The summed E-state index contributed by atoms with van der Waals surface area (Å²) in [6.07, 6.45) is 0.735. The normalized spacial score (nSPS) is 10.2. The van der Waals surface area contributed by atoms with Crippen LogP contribution < -0.4 is 4.74 Å². The quantitative estimate of drug-likeness (QED) is 0.650. The number of aldehydes is 1. The van der Waals surface area contributed by atoms with Gasteiger partial charge in [-0.15, -0.1) is 0 Å². The fourth-order valence-corrected chi connectivity index (χ4v) is 2.66. The van der Waals surface area contributed by atoms with E-state index >= 15 is 0 Å². The molecule has 0 amide bonds. The zero-order valence-corrected chi connectivity index (χ0v) is 12.9. The largest absolute Gasteiger partial charge is 0.455 e. The Kier molecular flexibility index (Phi) is 4.43. The van der Waals surface area contributed by atoms with E-state index in [1.165, 1.54) is 0 Å². The Hall–Kier alpha value is -0.840. The van der Waals surface area contributed by atoms with Crippen molar-refractivity contribution in [1.29, 1.82) is 0 Å². The molecule has 0 bridgehead atoms. The van der Waals surface area contributed by atoms with Gasteiger partial charge < -0.3 is 4.74 Å². The fraction of sp³-hybridized carbons (Fsp3) is 0. The maximum absolute atomic E-state index is 10.9. The SMILES string of the molecule is O=Cc1ccc(Cl)cc1Oc1ccc(Br)cc1Br. The summed E-state index contributed by atoms with van der Waals surface area (Å²) < 4.78 is 7.40. The predicted molar refractivity (Wildman–Crippen MR) is 78.8 cm³/mol. The van der Waals surface area contributed by atoms with Gasteiger partial charge in [-0.1, -0.05) is 27.5 Å². The maximum Gasteiger partial charge on any atom is 0.153 e. The second-order valence-electron chi connectivity index (χ2n) is 3.48. The number of carbonyl (C=O) groups excluding carboxylic acids is 1. The van der Waals surface area contributed by atoms with Crippen LogP contribution >= 0.6 is 43.5 Å². The van der Waals surface area contributed by atoms with Crippen LogP contribution in [-0.2, 0) is 0 Å². The van der Waals surface area contributed by atoms with Crippen molar-refractivity contribution in [2.45, 2.75) is 0 Å². The third kappa shape index (κ3) is 3.13. The van der Waals surface area contributed by atoms with Crippen molar-refractivity contribution < 1.29 is 9.53 Å². The molecule has 0 atom stereocenters. The van der Waals surface area contributed by atoms with Gasteiger partial charge in [-0.05, 0) is 46.3 Å². The van der Waals surface area contributed by atoms with E-state index in [1.807, 2.05) is 12.1 Å². The first-order chi connectivity index (χ1) is 8.60. The summed E-state index contributed by atoms with van der Waals surface area (Å²) in [6, 6.07) is 10.4. The summed E-state index contributed by atoms with van der Waals surface area (Å²) in [7, 11) is 0. The molecule has 18 heavy (non-hydrogen) atoms. The van der Waals surface area contributed by atoms with Gasteiger partial charge in [-0.3, -0.25) is 4.79 Å². The molecule has 2 rings (SSSR count). The van der Waals surface area contributed by atoms with E-state index in [0.29, 0.717) is 22.1 Å². The van der Waals surface area contributed by atoms with Gasteiger partial charge in [-0.2, -0.15) is 0 Å². The molecule has 0 aliphatic carbocycles. The van der Waals surface area contributed by atoms with Gasteiger partial charge in [0.25, 0.3) is 0 Å². The molecule has 0 saturated carbocycles. The van der Waals surface area contributed by atoms with Crippen LogP contribution in [0.5, 0.6) is 11.5 Å². The van der Waals surface area contributed by atoms with Crippen molar-refractivity contribution in [3.63, 3.8) is 0 Å². The van der Waals surface area contributed by atoms with Crippen LogP contribution in [-0.4, -0.2) is 6.29 Å². The topological polar surface area (TPSA) is 26.3 Å². The molecule has 0 fully saturated rings. The van der Waals surface area contributed by atoms with Crippen molar-refractivity contribution >= 4 is 49.7 Å². The number of halogens is 3. The molecule has 2 aromatic rings. The van der Waals surface area contributed by atoms with Crippen LogP contribution in [0, 0.1) is 0 Å². The first-order valence-electron chi connectivity index (χ1n) is 4.98. The standard InChI is InChI=1S/C13H7Br2ClO2/c14-9-2-4-12(11(15)5-9)18-13-6-10(16)3-1-8(13)7-17/h1-7H. The summed E-state index contributed by atoms with van der Waals surface area (Å²) in [5, 5.41) is 0.517. The molecule has 0 spiro atoms. The number of carbonyl (C=O) groups is 1. The molecule has 0 aromatic heterocycles. The second-order valence-corrected chi connectivity index (χ2v) is 5.68. The molecule has 2 nitrogen and oxygen atoms in total. The lowest BCUT2D eigenvalue weighted by atomic mass is 10.2. The molecule has 0 aliphatic heterocycles. The van der Waals surface area contributed by atoms with Gasteiger partial charge in [0.05, 0.1) is 10.0 Å². The van der Waals surface area contributed by atoms with E-state index in [4.69, 9.17) is 16.3 Å². The minimum absolute atomic E-state index is 0.431. The molecule has 5 heteroatoms. The van der Waals surface area contributed by atoms with Gasteiger partial charge in [0.2, 0.25) is 0 Å². The van der Waals surface area contributed by atoms with Crippen molar-refractivity contribution in [2.75, 3.05) is 0 Å². The number of ether oxygens (including phenoxy) is 1. The molecule has 0 heterocycles. The van der Waals surface area contributed by atoms with Crippen molar-refractivity contribution in [1.82, 2.24) is 0 Å².